The maximum atomic E-state index is 4.44. The van der Waals surface area contributed by atoms with E-state index in [1.165, 1.54) is 37.9 Å². The molecule has 0 saturated heterocycles. The molecule has 1 nitrogen and oxygen atoms in total. The van der Waals surface area contributed by atoms with Gasteiger partial charge in [0.15, 0.2) is 0 Å². The summed E-state index contributed by atoms with van der Waals surface area (Å²) in [4.78, 5) is 4.44. The lowest BCUT2D eigenvalue weighted by molar-refractivity contribution is 0.676. The van der Waals surface area contributed by atoms with Crippen molar-refractivity contribution in [3.8, 4) is 0 Å². The number of thiophene rings is 1. The minimum Gasteiger partial charge on any atom is -0.292 e. The molecule has 4 heteroatoms. The molecule has 0 amide bonds. The number of hydrogen-bond acceptors (Lipinski definition) is 2. The largest absolute Gasteiger partial charge is 0.292 e. The van der Waals surface area contributed by atoms with Gasteiger partial charge in [-0.15, -0.1) is 11.3 Å². The van der Waals surface area contributed by atoms with Crippen LogP contribution in [0.4, 0.5) is 0 Å². The van der Waals surface area contributed by atoms with E-state index in [0.29, 0.717) is 0 Å². The zero-order valence-electron chi connectivity index (χ0n) is 8.80. The molecular weight excluding hydrogens is 385 g/mol. The van der Waals surface area contributed by atoms with Gasteiger partial charge >= 0.3 is 0 Å². The Balaban J connectivity index is 2.28. The van der Waals surface area contributed by atoms with Gasteiger partial charge in [-0.05, 0) is 51.0 Å². The van der Waals surface area contributed by atoms with Gasteiger partial charge < -0.3 is 0 Å². The van der Waals surface area contributed by atoms with Crippen LogP contribution in [0.1, 0.15) is 38.2 Å². The molecule has 0 aliphatic heterocycles. The fourth-order valence-corrected chi connectivity index (χ4v) is 4.47. The average molecular weight is 400 g/mol. The standard InChI is InChI=1S/C11H15BrINS/c1-2-3-4-5-6-14-8-9-7-10(12)15-11(9)13/h7-8H,2-6H2,1H3. The van der Waals surface area contributed by atoms with E-state index >= 15 is 0 Å². The van der Waals surface area contributed by atoms with Gasteiger partial charge in [-0.25, -0.2) is 0 Å². The van der Waals surface area contributed by atoms with Crippen molar-refractivity contribution in [3.05, 3.63) is 18.3 Å². The number of unbranched alkanes of at least 4 members (excludes halogenated alkanes) is 3. The quantitative estimate of drug-likeness (QED) is 0.358. The summed E-state index contributed by atoms with van der Waals surface area (Å²) >= 11 is 7.58. The molecule has 0 spiro atoms. The van der Waals surface area contributed by atoms with E-state index in [0.717, 1.165) is 6.54 Å². The monoisotopic (exact) mass is 399 g/mol. The van der Waals surface area contributed by atoms with E-state index in [2.05, 4.69) is 56.5 Å². The van der Waals surface area contributed by atoms with Gasteiger partial charge in [0.2, 0.25) is 0 Å². The number of hydrogen-bond donors (Lipinski definition) is 0. The van der Waals surface area contributed by atoms with Crippen LogP contribution in [0.2, 0.25) is 0 Å². The maximum Gasteiger partial charge on any atom is 0.0753 e. The van der Waals surface area contributed by atoms with Gasteiger partial charge in [-0.3, -0.25) is 4.99 Å². The molecule has 15 heavy (non-hydrogen) atoms. The highest BCUT2D eigenvalue weighted by molar-refractivity contribution is 14.1. The molecule has 0 fully saturated rings. The van der Waals surface area contributed by atoms with E-state index in [1.807, 2.05) is 6.21 Å². The predicted molar refractivity (Wildman–Crippen MR) is 81.3 cm³/mol. The Hall–Kier alpha value is 0.580. The van der Waals surface area contributed by atoms with Crippen LogP contribution in [0.15, 0.2) is 14.8 Å². The highest BCUT2D eigenvalue weighted by Gasteiger charge is 2.01. The van der Waals surface area contributed by atoms with Crippen LogP contribution in [0.25, 0.3) is 0 Å². The first-order chi connectivity index (χ1) is 7.24. The van der Waals surface area contributed by atoms with Crippen molar-refractivity contribution in [1.29, 1.82) is 0 Å². The second kappa shape index (κ2) is 7.79. The first-order valence-corrected chi connectivity index (χ1v) is 7.87. The molecule has 0 saturated carbocycles. The van der Waals surface area contributed by atoms with Crippen molar-refractivity contribution in [2.45, 2.75) is 32.6 Å². The van der Waals surface area contributed by atoms with Gasteiger partial charge in [0, 0.05) is 18.3 Å². The summed E-state index contributed by atoms with van der Waals surface area (Å²) in [5.41, 5.74) is 1.24. The average Bonchev–Trinajstić information content (AvgIpc) is 2.51. The minimum atomic E-state index is 0.962. The lowest BCUT2D eigenvalue weighted by Gasteiger charge is -1.94. The van der Waals surface area contributed by atoms with Crippen molar-refractivity contribution >= 4 is 56.1 Å². The summed E-state index contributed by atoms with van der Waals surface area (Å²) in [6.07, 6.45) is 7.13. The van der Waals surface area contributed by atoms with Gasteiger partial charge in [-0.2, -0.15) is 0 Å². The lowest BCUT2D eigenvalue weighted by Crippen LogP contribution is -1.85. The third kappa shape index (κ3) is 5.45. The topological polar surface area (TPSA) is 12.4 Å². The van der Waals surface area contributed by atoms with Crippen molar-refractivity contribution < 1.29 is 0 Å². The number of nitrogens with zero attached hydrogens (tertiary/aromatic N) is 1. The van der Waals surface area contributed by atoms with Gasteiger partial charge in [0.05, 0.1) is 6.67 Å². The molecule has 1 aromatic heterocycles. The Morgan fingerprint density at radius 2 is 2.27 bits per heavy atom. The molecule has 0 unspecified atom stereocenters. The summed E-state index contributed by atoms with van der Waals surface area (Å²) in [6.45, 7) is 3.19. The van der Waals surface area contributed by atoms with E-state index in [-0.39, 0.29) is 0 Å². The van der Waals surface area contributed by atoms with Crippen LogP contribution in [-0.4, -0.2) is 12.8 Å². The summed E-state index contributed by atoms with van der Waals surface area (Å²) in [6, 6.07) is 2.13. The molecule has 84 valence electrons. The second-order valence-electron chi connectivity index (χ2n) is 3.38. The van der Waals surface area contributed by atoms with Crippen LogP contribution in [0.5, 0.6) is 0 Å². The van der Waals surface area contributed by atoms with Crippen molar-refractivity contribution in [1.82, 2.24) is 0 Å². The molecule has 1 heterocycles. The summed E-state index contributed by atoms with van der Waals surface area (Å²) in [5.74, 6) is 0. The van der Waals surface area contributed by atoms with Crippen molar-refractivity contribution in [2.75, 3.05) is 6.54 Å². The fourth-order valence-electron chi connectivity index (χ4n) is 1.23. The summed E-state index contributed by atoms with van der Waals surface area (Å²) < 4.78 is 2.48. The van der Waals surface area contributed by atoms with E-state index in [1.54, 1.807) is 11.3 Å². The van der Waals surface area contributed by atoms with Crippen LogP contribution in [0.3, 0.4) is 0 Å². The Bertz CT molecular complexity index is 322. The summed E-state index contributed by atoms with van der Waals surface area (Å²) in [7, 11) is 0. The van der Waals surface area contributed by atoms with E-state index in [4.69, 9.17) is 0 Å². The Labute approximate surface area is 118 Å². The first-order valence-electron chi connectivity index (χ1n) is 5.18. The maximum absolute atomic E-state index is 4.44. The molecular formula is C11H15BrINS. The molecule has 0 N–H and O–H groups in total. The van der Waals surface area contributed by atoms with Gasteiger partial charge in [0.25, 0.3) is 0 Å². The lowest BCUT2D eigenvalue weighted by atomic mass is 10.2. The van der Waals surface area contributed by atoms with Crippen LogP contribution >= 0.6 is 49.9 Å². The molecule has 0 aliphatic carbocycles. The fraction of sp³-hybridized carbons (Fsp3) is 0.545. The first kappa shape index (κ1) is 13.6. The third-order valence-corrected chi connectivity index (χ3v) is 4.78. The SMILES string of the molecule is CCCCCCN=Cc1cc(Br)sc1I. The van der Waals surface area contributed by atoms with Crippen LogP contribution in [0, 0.1) is 2.88 Å². The second-order valence-corrected chi connectivity index (χ2v) is 7.62. The minimum absolute atomic E-state index is 0.962. The molecule has 0 bridgehead atoms. The number of rotatable bonds is 6. The zero-order chi connectivity index (χ0) is 11.1. The predicted octanol–water partition coefficient (Wildman–Crippen LogP) is 5.11. The molecule has 0 radical (unpaired) electrons. The van der Waals surface area contributed by atoms with E-state index < -0.39 is 0 Å². The van der Waals surface area contributed by atoms with Crippen LogP contribution in [-0.2, 0) is 0 Å². The molecule has 0 atom stereocenters. The summed E-state index contributed by atoms with van der Waals surface area (Å²) in [5, 5.41) is 0. The smallest absolute Gasteiger partial charge is 0.0753 e. The number of aliphatic imine (C=N–C) groups is 1. The molecule has 0 aromatic carbocycles. The van der Waals surface area contributed by atoms with Crippen molar-refractivity contribution in [3.63, 3.8) is 0 Å². The highest BCUT2D eigenvalue weighted by Crippen LogP contribution is 2.27. The van der Waals surface area contributed by atoms with Gasteiger partial charge in [-0.1, -0.05) is 26.2 Å². The Morgan fingerprint density at radius 1 is 1.47 bits per heavy atom. The molecule has 1 aromatic rings. The Morgan fingerprint density at radius 3 is 2.87 bits per heavy atom. The van der Waals surface area contributed by atoms with E-state index in [9.17, 15) is 0 Å². The molecule has 0 aliphatic rings. The Kier molecular flexibility index (Phi) is 7.08. The number of halogens is 2. The van der Waals surface area contributed by atoms with Gasteiger partial charge in [0.1, 0.15) is 0 Å². The highest BCUT2D eigenvalue weighted by atomic mass is 127. The molecule has 1 rings (SSSR count). The van der Waals surface area contributed by atoms with Crippen LogP contribution < -0.4 is 0 Å². The third-order valence-electron chi connectivity index (χ3n) is 2.05. The zero-order valence-corrected chi connectivity index (χ0v) is 13.4. The van der Waals surface area contributed by atoms with Crippen molar-refractivity contribution in [2.24, 2.45) is 4.99 Å². The normalized spacial score (nSPS) is 11.4.